The molecule has 0 aromatic carbocycles. The van der Waals surface area contributed by atoms with E-state index in [9.17, 15) is 0 Å². The van der Waals surface area contributed by atoms with Crippen LogP contribution in [0.15, 0.2) is 16.8 Å². The molecule has 0 amide bonds. The summed E-state index contributed by atoms with van der Waals surface area (Å²) in [5.41, 5.74) is 6.80. The molecule has 0 saturated carbocycles. The molecule has 0 aliphatic heterocycles. The van der Waals surface area contributed by atoms with E-state index in [0.717, 1.165) is 0 Å². The fourth-order valence-corrected chi connectivity index (χ4v) is 1.91. The minimum Gasteiger partial charge on any atom is -0.368 e. The number of nitrogen functional groups attached to an aromatic ring is 1. The molecule has 0 bridgehead atoms. The molecule has 13 heavy (non-hydrogen) atoms. The van der Waals surface area contributed by atoms with Crippen molar-refractivity contribution in [2.75, 3.05) is 5.73 Å². The maximum atomic E-state index is 5.62. The van der Waals surface area contributed by atoms with Crippen LogP contribution in [-0.2, 0) is 6.54 Å². The summed E-state index contributed by atoms with van der Waals surface area (Å²) in [5.74, 6) is 0.427. The van der Waals surface area contributed by atoms with Crippen molar-refractivity contribution in [2.24, 2.45) is 0 Å². The van der Waals surface area contributed by atoms with Gasteiger partial charge >= 0.3 is 0 Å². The summed E-state index contributed by atoms with van der Waals surface area (Å²) >= 11 is 6.67. The van der Waals surface area contributed by atoms with Crippen LogP contribution in [0.4, 0.5) is 5.95 Å². The SMILES string of the molecule is Nc1n[nH]c(=S)n1Cc1ccsc1. The number of aromatic amines is 1. The van der Waals surface area contributed by atoms with Gasteiger partial charge in [-0.05, 0) is 34.6 Å². The number of rotatable bonds is 2. The van der Waals surface area contributed by atoms with Gasteiger partial charge in [0.25, 0.3) is 0 Å². The standard InChI is InChI=1S/C7H8N4S2/c8-6-9-10-7(12)11(6)3-5-1-2-13-4-5/h1-2,4H,3H2,(H2,8,9)(H,10,12). The molecule has 3 N–H and O–H groups in total. The van der Waals surface area contributed by atoms with Gasteiger partial charge in [0.05, 0.1) is 6.54 Å². The third-order valence-corrected chi connectivity index (χ3v) is 2.75. The van der Waals surface area contributed by atoms with Crippen LogP contribution < -0.4 is 5.73 Å². The summed E-state index contributed by atoms with van der Waals surface area (Å²) in [4.78, 5) is 0. The molecule has 2 aromatic rings. The van der Waals surface area contributed by atoms with E-state index in [2.05, 4.69) is 15.6 Å². The molecule has 0 saturated heterocycles. The summed E-state index contributed by atoms with van der Waals surface area (Å²) in [6, 6.07) is 2.04. The van der Waals surface area contributed by atoms with Crippen LogP contribution in [-0.4, -0.2) is 14.8 Å². The average Bonchev–Trinajstić information content (AvgIpc) is 2.70. The second-order valence-electron chi connectivity index (χ2n) is 2.60. The molecule has 0 atom stereocenters. The molecule has 6 heteroatoms. The lowest BCUT2D eigenvalue weighted by Crippen LogP contribution is -2.03. The molecule has 4 nitrogen and oxygen atoms in total. The Kier molecular flexibility index (Phi) is 2.15. The molecular formula is C7H8N4S2. The molecule has 0 fully saturated rings. The number of aromatic nitrogens is 3. The van der Waals surface area contributed by atoms with E-state index < -0.39 is 0 Å². The Morgan fingerprint density at radius 3 is 3.08 bits per heavy atom. The lowest BCUT2D eigenvalue weighted by molar-refractivity contribution is 0.796. The van der Waals surface area contributed by atoms with Crippen molar-refractivity contribution >= 4 is 29.5 Å². The van der Waals surface area contributed by atoms with Crippen LogP contribution >= 0.6 is 23.6 Å². The number of anilines is 1. The number of H-pyrrole nitrogens is 1. The highest BCUT2D eigenvalue weighted by atomic mass is 32.1. The van der Waals surface area contributed by atoms with Gasteiger partial charge in [0.2, 0.25) is 5.95 Å². The van der Waals surface area contributed by atoms with Crippen molar-refractivity contribution in [3.8, 4) is 0 Å². The van der Waals surface area contributed by atoms with Crippen molar-refractivity contribution in [3.05, 3.63) is 27.2 Å². The van der Waals surface area contributed by atoms with Gasteiger partial charge in [0.15, 0.2) is 4.77 Å². The Morgan fingerprint density at radius 1 is 1.69 bits per heavy atom. The molecular weight excluding hydrogens is 204 g/mol. The third kappa shape index (κ3) is 1.63. The highest BCUT2D eigenvalue weighted by Crippen LogP contribution is 2.10. The first-order chi connectivity index (χ1) is 6.27. The van der Waals surface area contributed by atoms with Crippen LogP contribution in [0.25, 0.3) is 0 Å². The van der Waals surface area contributed by atoms with Crippen molar-refractivity contribution in [3.63, 3.8) is 0 Å². The molecule has 2 aromatic heterocycles. The second-order valence-corrected chi connectivity index (χ2v) is 3.77. The lowest BCUT2D eigenvalue weighted by atomic mass is 10.3. The Labute approximate surface area is 84.0 Å². The molecule has 68 valence electrons. The number of nitrogens with zero attached hydrogens (tertiary/aromatic N) is 2. The first-order valence-electron chi connectivity index (χ1n) is 3.69. The van der Waals surface area contributed by atoms with Crippen LogP contribution in [0.1, 0.15) is 5.56 Å². The van der Waals surface area contributed by atoms with Crippen LogP contribution in [0.2, 0.25) is 0 Å². The van der Waals surface area contributed by atoms with Crippen LogP contribution in [0.5, 0.6) is 0 Å². The summed E-state index contributed by atoms with van der Waals surface area (Å²) < 4.78 is 2.32. The van der Waals surface area contributed by atoms with E-state index in [1.807, 2.05) is 11.4 Å². The summed E-state index contributed by atoms with van der Waals surface area (Å²) in [6.45, 7) is 0.685. The third-order valence-electron chi connectivity index (χ3n) is 1.71. The van der Waals surface area contributed by atoms with E-state index in [-0.39, 0.29) is 0 Å². The number of hydrogen-bond acceptors (Lipinski definition) is 4. The van der Waals surface area contributed by atoms with E-state index >= 15 is 0 Å². The predicted octanol–water partition coefficient (Wildman–Crippen LogP) is 1.63. The smallest absolute Gasteiger partial charge is 0.220 e. The zero-order chi connectivity index (χ0) is 9.26. The van der Waals surface area contributed by atoms with Crippen molar-refractivity contribution < 1.29 is 0 Å². The van der Waals surface area contributed by atoms with Crippen molar-refractivity contribution in [1.29, 1.82) is 0 Å². The quantitative estimate of drug-likeness (QED) is 0.744. The second kappa shape index (κ2) is 3.31. The number of nitrogens with one attached hydrogen (secondary N) is 1. The minimum absolute atomic E-state index is 0.427. The molecule has 0 aliphatic rings. The van der Waals surface area contributed by atoms with Crippen molar-refractivity contribution in [2.45, 2.75) is 6.54 Å². The molecule has 2 heterocycles. The fourth-order valence-electron chi connectivity index (χ4n) is 1.05. The maximum absolute atomic E-state index is 5.62. The largest absolute Gasteiger partial charge is 0.368 e. The van der Waals surface area contributed by atoms with Gasteiger partial charge in [0.1, 0.15) is 0 Å². The van der Waals surface area contributed by atoms with Gasteiger partial charge in [-0.3, -0.25) is 4.57 Å². The minimum atomic E-state index is 0.427. The topological polar surface area (TPSA) is 59.6 Å². The first-order valence-corrected chi connectivity index (χ1v) is 5.04. The highest BCUT2D eigenvalue weighted by Gasteiger charge is 2.02. The van der Waals surface area contributed by atoms with Gasteiger partial charge in [-0.25, -0.2) is 5.10 Å². The Bertz CT molecular complexity index is 439. The first kappa shape index (κ1) is 8.46. The summed E-state index contributed by atoms with van der Waals surface area (Å²) in [6.07, 6.45) is 0. The Hall–Kier alpha value is -1.14. The van der Waals surface area contributed by atoms with Crippen LogP contribution in [0.3, 0.4) is 0 Å². The zero-order valence-corrected chi connectivity index (χ0v) is 8.36. The fraction of sp³-hybridized carbons (Fsp3) is 0.143. The van der Waals surface area contributed by atoms with Gasteiger partial charge in [-0.2, -0.15) is 11.3 Å². The summed E-state index contributed by atoms with van der Waals surface area (Å²) in [7, 11) is 0. The van der Waals surface area contributed by atoms with Gasteiger partial charge < -0.3 is 5.73 Å². The predicted molar refractivity (Wildman–Crippen MR) is 55.2 cm³/mol. The lowest BCUT2D eigenvalue weighted by Gasteiger charge is -1.99. The van der Waals surface area contributed by atoms with Gasteiger partial charge in [-0.15, -0.1) is 5.10 Å². The highest BCUT2D eigenvalue weighted by molar-refractivity contribution is 7.71. The van der Waals surface area contributed by atoms with Gasteiger partial charge in [0, 0.05) is 0 Å². The Morgan fingerprint density at radius 2 is 2.54 bits per heavy atom. The average molecular weight is 212 g/mol. The Balaban J connectivity index is 2.33. The molecule has 0 spiro atoms. The van der Waals surface area contributed by atoms with E-state index in [4.69, 9.17) is 18.0 Å². The number of hydrogen-bond donors (Lipinski definition) is 2. The number of nitrogens with two attached hydrogens (primary N) is 1. The summed E-state index contributed by atoms with van der Waals surface area (Å²) in [5, 5.41) is 10.6. The van der Waals surface area contributed by atoms with E-state index in [0.29, 0.717) is 17.3 Å². The monoisotopic (exact) mass is 212 g/mol. The molecule has 0 radical (unpaired) electrons. The van der Waals surface area contributed by atoms with Crippen LogP contribution in [0, 0.1) is 4.77 Å². The van der Waals surface area contributed by atoms with Gasteiger partial charge in [-0.1, -0.05) is 0 Å². The normalized spacial score (nSPS) is 10.5. The van der Waals surface area contributed by atoms with E-state index in [1.165, 1.54) is 5.56 Å². The molecule has 2 rings (SSSR count). The van der Waals surface area contributed by atoms with Crippen molar-refractivity contribution in [1.82, 2.24) is 14.8 Å². The number of thiophene rings is 1. The molecule has 0 unspecified atom stereocenters. The van der Waals surface area contributed by atoms with E-state index in [1.54, 1.807) is 15.9 Å². The molecule has 0 aliphatic carbocycles. The maximum Gasteiger partial charge on any atom is 0.220 e. The zero-order valence-electron chi connectivity index (χ0n) is 6.73.